The number of benzene rings is 1. The number of imidazole rings is 1. The standard InChI is InChI=1S/C14H16N4O/c19-14(13-5-2-6-16-13)17-11-3-1-4-12(9-11)18-8-7-15-10-18/h1,3-4,7-10,13,16H,2,5-6H2,(H,17,19)/t13-/m1/s1. The number of amides is 1. The van der Waals surface area contributed by atoms with Gasteiger partial charge in [-0.05, 0) is 37.6 Å². The predicted molar refractivity (Wildman–Crippen MR) is 73.2 cm³/mol. The van der Waals surface area contributed by atoms with Crippen molar-refractivity contribution in [1.82, 2.24) is 14.9 Å². The highest BCUT2D eigenvalue weighted by Crippen LogP contribution is 2.15. The van der Waals surface area contributed by atoms with Crippen LogP contribution in [0.15, 0.2) is 43.0 Å². The lowest BCUT2D eigenvalue weighted by atomic mass is 10.2. The second-order valence-electron chi connectivity index (χ2n) is 4.66. The Morgan fingerprint density at radius 2 is 2.42 bits per heavy atom. The van der Waals surface area contributed by atoms with Gasteiger partial charge in [0, 0.05) is 23.8 Å². The molecule has 1 aromatic heterocycles. The van der Waals surface area contributed by atoms with Crippen LogP contribution >= 0.6 is 0 Å². The number of nitrogens with zero attached hydrogens (tertiary/aromatic N) is 2. The average molecular weight is 256 g/mol. The Labute approximate surface area is 111 Å². The van der Waals surface area contributed by atoms with Crippen molar-refractivity contribution in [1.29, 1.82) is 0 Å². The molecule has 1 amide bonds. The van der Waals surface area contributed by atoms with Crippen molar-refractivity contribution >= 4 is 11.6 Å². The molecule has 0 bridgehead atoms. The normalized spacial score (nSPS) is 18.4. The molecule has 19 heavy (non-hydrogen) atoms. The molecule has 3 rings (SSSR count). The fourth-order valence-electron chi connectivity index (χ4n) is 2.29. The van der Waals surface area contributed by atoms with Gasteiger partial charge in [0.05, 0.1) is 12.4 Å². The molecule has 98 valence electrons. The van der Waals surface area contributed by atoms with Gasteiger partial charge in [0.1, 0.15) is 0 Å². The number of hydrogen-bond acceptors (Lipinski definition) is 3. The third-order valence-corrected chi connectivity index (χ3v) is 3.29. The molecule has 2 N–H and O–H groups in total. The molecule has 0 aliphatic carbocycles. The van der Waals surface area contributed by atoms with E-state index >= 15 is 0 Å². The molecule has 1 atom stereocenters. The first-order valence-electron chi connectivity index (χ1n) is 6.45. The van der Waals surface area contributed by atoms with Crippen LogP contribution in [0.5, 0.6) is 0 Å². The highest BCUT2D eigenvalue weighted by atomic mass is 16.2. The van der Waals surface area contributed by atoms with Crippen molar-refractivity contribution in [3.8, 4) is 5.69 Å². The van der Waals surface area contributed by atoms with Gasteiger partial charge in [-0.25, -0.2) is 4.98 Å². The molecule has 1 aliphatic rings. The Morgan fingerprint density at radius 1 is 1.47 bits per heavy atom. The molecule has 1 aliphatic heterocycles. The van der Waals surface area contributed by atoms with E-state index in [1.54, 1.807) is 12.5 Å². The van der Waals surface area contributed by atoms with Crippen LogP contribution in [-0.2, 0) is 4.79 Å². The van der Waals surface area contributed by atoms with E-state index in [0.29, 0.717) is 0 Å². The monoisotopic (exact) mass is 256 g/mol. The van der Waals surface area contributed by atoms with Crippen LogP contribution in [0.3, 0.4) is 0 Å². The summed E-state index contributed by atoms with van der Waals surface area (Å²) < 4.78 is 1.91. The maximum absolute atomic E-state index is 12.0. The first-order chi connectivity index (χ1) is 9.33. The minimum absolute atomic E-state index is 0.0419. The summed E-state index contributed by atoms with van der Waals surface area (Å²) in [6, 6.07) is 7.68. The van der Waals surface area contributed by atoms with E-state index in [1.807, 2.05) is 35.0 Å². The van der Waals surface area contributed by atoms with Crippen LogP contribution in [0, 0.1) is 0 Å². The van der Waals surface area contributed by atoms with Crippen LogP contribution in [0.1, 0.15) is 12.8 Å². The minimum atomic E-state index is -0.0584. The smallest absolute Gasteiger partial charge is 0.241 e. The van der Waals surface area contributed by atoms with Crippen molar-refractivity contribution in [2.45, 2.75) is 18.9 Å². The van der Waals surface area contributed by atoms with E-state index < -0.39 is 0 Å². The first-order valence-corrected chi connectivity index (χ1v) is 6.45. The number of carbonyl (C=O) groups is 1. The van der Waals surface area contributed by atoms with E-state index in [-0.39, 0.29) is 11.9 Å². The molecule has 5 nitrogen and oxygen atoms in total. The summed E-state index contributed by atoms with van der Waals surface area (Å²) in [5, 5.41) is 6.14. The highest BCUT2D eigenvalue weighted by molar-refractivity contribution is 5.95. The van der Waals surface area contributed by atoms with Crippen LogP contribution < -0.4 is 10.6 Å². The number of aromatic nitrogens is 2. The quantitative estimate of drug-likeness (QED) is 0.876. The molecular formula is C14H16N4O. The van der Waals surface area contributed by atoms with Gasteiger partial charge >= 0.3 is 0 Å². The zero-order chi connectivity index (χ0) is 13.1. The largest absolute Gasteiger partial charge is 0.325 e. The Hall–Kier alpha value is -2.14. The van der Waals surface area contributed by atoms with Crippen molar-refractivity contribution in [3.05, 3.63) is 43.0 Å². The number of rotatable bonds is 3. The van der Waals surface area contributed by atoms with Gasteiger partial charge in [-0.2, -0.15) is 0 Å². The molecule has 2 heterocycles. The molecule has 0 radical (unpaired) electrons. The summed E-state index contributed by atoms with van der Waals surface area (Å²) in [6.45, 7) is 0.924. The zero-order valence-electron chi connectivity index (χ0n) is 10.5. The summed E-state index contributed by atoms with van der Waals surface area (Å²) in [6.07, 6.45) is 7.31. The Kier molecular flexibility index (Phi) is 3.29. The second kappa shape index (κ2) is 5.24. The molecular weight excluding hydrogens is 240 g/mol. The van der Waals surface area contributed by atoms with Gasteiger partial charge in [0.25, 0.3) is 0 Å². The fraction of sp³-hybridized carbons (Fsp3) is 0.286. The SMILES string of the molecule is O=C(Nc1cccc(-n2ccnc2)c1)[C@H]1CCCN1. The van der Waals surface area contributed by atoms with E-state index in [4.69, 9.17) is 0 Å². The van der Waals surface area contributed by atoms with E-state index in [1.165, 1.54) is 0 Å². The summed E-state index contributed by atoms with van der Waals surface area (Å²) in [4.78, 5) is 16.0. The molecule has 5 heteroatoms. The van der Waals surface area contributed by atoms with Gasteiger partial charge in [-0.1, -0.05) is 6.07 Å². The fourth-order valence-corrected chi connectivity index (χ4v) is 2.29. The maximum atomic E-state index is 12.0. The lowest BCUT2D eigenvalue weighted by Crippen LogP contribution is -2.35. The Morgan fingerprint density at radius 3 is 3.16 bits per heavy atom. The molecule has 1 saturated heterocycles. The van der Waals surface area contributed by atoms with Crippen LogP contribution in [0.25, 0.3) is 5.69 Å². The predicted octanol–water partition coefficient (Wildman–Crippen LogP) is 1.56. The zero-order valence-corrected chi connectivity index (χ0v) is 10.5. The van der Waals surface area contributed by atoms with Crippen molar-refractivity contribution in [3.63, 3.8) is 0 Å². The molecule has 1 aromatic carbocycles. The van der Waals surface area contributed by atoms with Crippen LogP contribution in [0.2, 0.25) is 0 Å². The summed E-state index contributed by atoms with van der Waals surface area (Å²) >= 11 is 0. The molecule has 0 spiro atoms. The topological polar surface area (TPSA) is 59.0 Å². The molecule has 2 aromatic rings. The van der Waals surface area contributed by atoms with E-state index in [9.17, 15) is 4.79 Å². The molecule has 0 saturated carbocycles. The summed E-state index contributed by atoms with van der Waals surface area (Å²) in [7, 11) is 0. The Balaban J connectivity index is 1.74. The molecule has 0 unspecified atom stereocenters. The highest BCUT2D eigenvalue weighted by Gasteiger charge is 2.21. The van der Waals surface area contributed by atoms with Gasteiger partial charge in [-0.3, -0.25) is 4.79 Å². The lowest BCUT2D eigenvalue weighted by Gasteiger charge is -2.12. The number of anilines is 1. The van der Waals surface area contributed by atoms with Crippen molar-refractivity contribution in [2.24, 2.45) is 0 Å². The average Bonchev–Trinajstić information content (AvgIpc) is 3.13. The summed E-state index contributed by atoms with van der Waals surface area (Å²) in [5.41, 5.74) is 1.79. The van der Waals surface area contributed by atoms with Gasteiger partial charge in [0.2, 0.25) is 5.91 Å². The van der Waals surface area contributed by atoms with Crippen molar-refractivity contribution < 1.29 is 4.79 Å². The van der Waals surface area contributed by atoms with Gasteiger partial charge in [0.15, 0.2) is 0 Å². The molecule has 1 fully saturated rings. The van der Waals surface area contributed by atoms with Gasteiger partial charge in [-0.15, -0.1) is 0 Å². The Bertz CT molecular complexity index is 559. The number of carbonyl (C=O) groups excluding carboxylic acids is 1. The minimum Gasteiger partial charge on any atom is -0.325 e. The second-order valence-corrected chi connectivity index (χ2v) is 4.66. The van der Waals surface area contributed by atoms with Crippen molar-refractivity contribution in [2.75, 3.05) is 11.9 Å². The van der Waals surface area contributed by atoms with Gasteiger partial charge < -0.3 is 15.2 Å². The third-order valence-electron chi connectivity index (χ3n) is 3.29. The van der Waals surface area contributed by atoms with E-state index in [2.05, 4.69) is 15.6 Å². The first kappa shape index (κ1) is 11.9. The lowest BCUT2D eigenvalue weighted by molar-refractivity contribution is -0.117. The third kappa shape index (κ3) is 2.66. The number of hydrogen-bond donors (Lipinski definition) is 2. The van der Waals surface area contributed by atoms with Crippen LogP contribution in [0.4, 0.5) is 5.69 Å². The van der Waals surface area contributed by atoms with E-state index in [0.717, 1.165) is 30.8 Å². The number of nitrogens with one attached hydrogen (secondary N) is 2. The van der Waals surface area contributed by atoms with Crippen LogP contribution in [-0.4, -0.2) is 28.0 Å². The maximum Gasteiger partial charge on any atom is 0.241 e. The summed E-state index contributed by atoms with van der Waals surface area (Å²) in [5.74, 6) is 0.0419.